The maximum absolute atomic E-state index is 5.03. The zero-order valence-electron chi connectivity index (χ0n) is 11.8. The molecule has 1 fully saturated rings. The lowest BCUT2D eigenvalue weighted by molar-refractivity contribution is 0.210. The first-order chi connectivity index (χ1) is 9.33. The Bertz CT molecular complexity index is 393. The molecule has 0 unspecified atom stereocenters. The Kier molecular flexibility index (Phi) is 5.35. The molecule has 0 saturated carbocycles. The second kappa shape index (κ2) is 7.25. The maximum Gasteiger partial charge on any atom is 0.224 e. The number of nitrogens with one attached hydrogen (secondary N) is 2. The molecule has 2 N–H and O–H groups in total. The Balaban J connectivity index is 2.10. The van der Waals surface area contributed by atoms with Crippen LogP contribution in [0.5, 0.6) is 0 Å². The molecule has 0 bridgehead atoms. The molecule has 2 rings (SSSR count). The van der Waals surface area contributed by atoms with Crippen LogP contribution in [0, 0.1) is 0 Å². The molecule has 1 aromatic rings. The van der Waals surface area contributed by atoms with E-state index in [1.54, 1.807) is 7.11 Å². The highest BCUT2D eigenvalue weighted by Crippen LogP contribution is 2.16. The smallest absolute Gasteiger partial charge is 0.224 e. The predicted octanol–water partition coefficient (Wildman–Crippen LogP) is 0.507. The topological polar surface area (TPSA) is 62.3 Å². The number of hydrogen-bond acceptors (Lipinski definition) is 6. The van der Waals surface area contributed by atoms with Crippen LogP contribution in [0.25, 0.3) is 0 Å². The molecule has 0 amide bonds. The van der Waals surface area contributed by atoms with Crippen LogP contribution >= 0.6 is 0 Å². The number of methoxy groups -OCH3 is 1. The van der Waals surface area contributed by atoms with Gasteiger partial charge < -0.3 is 20.3 Å². The van der Waals surface area contributed by atoms with Crippen LogP contribution in [0.2, 0.25) is 0 Å². The molecule has 2 heterocycles. The number of aromatic nitrogens is 2. The van der Waals surface area contributed by atoms with Crippen molar-refractivity contribution in [2.75, 3.05) is 56.7 Å². The van der Waals surface area contributed by atoms with E-state index in [1.807, 2.05) is 0 Å². The predicted molar refractivity (Wildman–Crippen MR) is 76.9 cm³/mol. The van der Waals surface area contributed by atoms with E-state index in [1.165, 1.54) is 0 Å². The van der Waals surface area contributed by atoms with Gasteiger partial charge in [-0.1, -0.05) is 6.92 Å². The molecule has 1 aromatic heterocycles. The van der Waals surface area contributed by atoms with E-state index in [0.717, 1.165) is 50.7 Å². The summed E-state index contributed by atoms with van der Waals surface area (Å²) in [6, 6.07) is 2.09. The second-order valence-corrected chi connectivity index (χ2v) is 4.55. The number of rotatable bonds is 6. The summed E-state index contributed by atoms with van der Waals surface area (Å²) in [6.07, 6.45) is 0.917. The first kappa shape index (κ1) is 14.0. The molecule has 0 aromatic carbocycles. The summed E-state index contributed by atoms with van der Waals surface area (Å²) in [5, 5.41) is 6.56. The van der Waals surface area contributed by atoms with Crippen LogP contribution in [0.15, 0.2) is 6.07 Å². The molecule has 1 saturated heterocycles. The Hall–Kier alpha value is -1.40. The van der Waals surface area contributed by atoms with Crippen molar-refractivity contribution in [2.45, 2.75) is 13.3 Å². The van der Waals surface area contributed by atoms with Crippen molar-refractivity contribution in [3.63, 3.8) is 0 Å². The van der Waals surface area contributed by atoms with E-state index >= 15 is 0 Å². The first-order valence-electron chi connectivity index (χ1n) is 6.90. The van der Waals surface area contributed by atoms with Gasteiger partial charge in [-0.05, 0) is 6.42 Å². The van der Waals surface area contributed by atoms with Gasteiger partial charge in [0.25, 0.3) is 0 Å². The maximum atomic E-state index is 5.03. The normalized spacial score (nSPS) is 15.6. The van der Waals surface area contributed by atoms with Crippen molar-refractivity contribution in [2.24, 2.45) is 0 Å². The second-order valence-electron chi connectivity index (χ2n) is 4.55. The Labute approximate surface area is 114 Å². The van der Waals surface area contributed by atoms with Crippen molar-refractivity contribution >= 4 is 11.8 Å². The lowest BCUT2D eigenvalue weighted by Gasteiger charge is -2.28. The standard InChI is InChI=1S/C13H23N5O/c1-3-11-10-12(18-7-4-14-5-8-18)17-13(16-11)15-6-9-19-2/h10,14H,3-9H2,1-2H3,(H,15,16,17). The summed E-state index contributed by atoms with van der Waals surface area (Å²) in [4.78, 5) is 11.4. The van der Waals surface area contributed by atoms with E-state index in [9.17, 15) is 0 Å². The number of anilines is 2. The highest BCUT2D eigenvalue weighted by molar-refractivity contribution is 5.45. The molecule has 0 atom stereocenters. The van der Waals surface area contributed by atoms with E-state index in [0.29, 0.717) is 12.6 Å². The molecule has 106 valence electrons. The largest absolute Gasteiger partial charge is 0.383 e. The number of ether oxygens (including phenoxy) is 1. The zero-order valence-corrected chi connectivity index (χ0v) is 11.8. The molecule has 0 radical (unpaired) electrons. The molecule has 0 aliphatic carbocycles. The van der Waals surface area contributed by atoms with E-state index in [-0.39, 0.29) is 0 Å². The lowest BCUT2D eigenvalue weighted by atomic mass is 10.3. The van der Waals surface area contributed by atoms with E-state index in [4.69, 9.17) is 4.74 Å². The van der Waals surface area contributed by atoms with Crippen molar-refractivity contribution < 1.29 is 4.74 Å². The summed E-state index contributed by atoms with van der Waals surface area (Å²) in [5.74, 6) is 1.72. The van der Waals surface area contributed by atoms with Gasteiger partial charge in [0.05, 0.1) is 6.61 Å². The molecule has 1 aliphatic heterocycles. The van der Waals surface area contributed by atoms with Gasteiger partial charge in [-0.15, -0.1) is 0 Å². The first-order valence-corrected chi connectivity index (χ1v) is 6.90. The van der Waals surface area contributed by atoms with E-state index < -0.39 is 0 Å². The Morgan fingerprint density at radius 1 is 1.37 bits per heavy atom. The van der Waals surface area contributed by atoms with Gasteiger partial charge in [-0.3, -0.25) is 0 Å². The SMILES string of the molecule is CCc1cc(N2CCNCC2)nc(NCCOC)n1. The quantitative estimate of drug-likeness (QED) is 0.731. The van der Waals surface area contributed by atoms with Crippen molar-refractivity contribution in [3.8, 4) is 0 Å². The summed E-state index contributed by atoms with van der Waals surface area (Å²) >= 11 is 0. The molecule has 6 nitrogen and oxygen atoms in total. The third-order valence-electron chi connectivity index (χ3n) is 3.16. The van der Waals surface area contributed by atoms with Gasteiger partial charge >= 0.3 is 0 Å². The van der Waals surface area contributed by atoms with Crippen molar-refractivity contribution in [1.29, 1.82) is 0 Å². The van der Waals surface area contributed by atoms with Gasteiger partial charge in [0, 0.05) is 51.6 Å². The Morgan fingerprint density at radius 3 is 2.84 bits per heavy atom. The van der Waals surface area contributed by atoms with Crippen LogP contribution in [0.1, 0.15) is 12.6 Å². The van der Waals surface area contributed by atoms with Gasteiger partial charge in [-0.25, -0.2) is 4.98 Å². The minimum Gasteiger partial charge on any atom is -0.383 e. The highest BCUT2D eigenvalue weighted by atomic mass is 16.5. The van der Waals surface area contributed by atoms with Crippen molar-refractivity contribution in [1.82, 2.24) is 15.3 Å². The van der Waals surface area contributed by atoms with Crippen LogP contribution in [-0.2, 0) is 11.2 Å². The average Bonchev–Trinajstić information content (AvgIpc) is 2.48. The number of piperazine rings is 1. The van der Waals surface area contributed by atoms with Gasteiger partial charge in [0.2, 0.25) is 5.95 Å². The average molecular weight is 265 g/mol. The molecular formula is C13H23N5O. The number of hydrogen-bond donors (Lipinski definition) is 2. The lowest BCUT2D eigenvalue weighted by Crippen LogP contribution is -2.44. The van der Waals surface area contributed by atoms with Gasteiger partial charge in [0.15, 0.2) is 0 Å². The minimum atomic E-state index is 0.655. The summed E-state index contributed by atoms with van der Waals surface area (Å²) in [5.41, 5.74) is 1.07. The van der Waals surface area contributed by atoms with Gasteiger partial charge in [0.1, 0.15) is 5.82 Å². The van der Waals surface area contributed by atoms with Crippen LogP contribution in [-0.4, -0.2) is 56.4 Å². The molecule has 0 spiro atoms. The third kappa shape index (κ3) is 4.04. The third-order valence-corrected chi connectivity index (χ3v) is 3.16. The molecule has 1 aliphatic rings. The van der Waals surface area contributed by atoms with E-state index in [2.05, 4.69) is 38.5 Å². The monoisotopic (exact) mass is 265 g/mol. The minimum absolute atomic E-state index is 0.655. The number of nitrogens with zero attached hydrogens (tertiary/aromatic N) is 3. The van der Waals surface area contributed by atoms with Crippen LogP contribution in [0.4, 0.5) is 11.8 Å². The fourth-order valence-electron chi connectivity index (χ4n) is 2.06. The Morgan fingerprint density at radius 2 is 2.16 bits per heavy atom. The van der Waals surface area contributed by atoms with Crippen LogP contribution < -0.4 is 15.5 Å². The van der Waals surface area contributed by atoms with Gasteiger partial charge in [-0.2, -0.15) is 4.98 Å². The highest BCUT2D eigenvalue weighted by Gasteiger charge is 2.13. The molecule has 19 heavy (non-hydrogen) atoms. The zero-order chi connectivity index (χ0) is 13.5. The number of aryl methyl sites for hydroxylation is 1. The summed E-state index contributed by atoms with van der Waals surface area (Å²) in [7, 11) is 1.69. The molecular weight excluding hydrogens is 242 g/mol. The fourth-order valence-corrected chi connectivity index (χ4v) is 2.06. The molecule has 6 heteroatoms. The fraction of sp³-hybridized carbons (Fsp3) is 0.692. The van der Waals surface area contributed by atoms with Crippen LogP contribution in [0.3, 0.4) is 0 Å². The van der Waals surface area contributed by atoms with Crippen molar-refractivity contribution in [3.05, 3.63) is 11.8 Å². The summed E-state index contributed by atoms with van der Waals surface area (Å²) in [6.45, 7) is 7.52. The summed E-state index contributed by atoms with van der Waals surface area (Å²) < 4.78 is 5.03.